The van der Waals surface area contributed by atoms with E-state index in [0.717, 1.165) is 37.6 Å². The molecule has 1 aliphatic rings. The van der Waals surface area contributed by atoms with Crippen LogP contribution in [0.5, 0.6) is 0 Å². The molecule has 162 valence electrons. The van der Waals surface area contributed by atoms with Crippen LogP contribution in [0.3, 0.4) is 0 Å². The highest BCUT2D eigenvalue weighted by Gasteiger charge is 2.22. The van der Waals surface area contributed by atoms with E-state index in [-0.39, 0.29) is 17.0 Å². The van der Waals surface area contributed by atoms with Gasteiger partial charge in [-0.1, -0.05) is 48.9 Å². The molecule has 1 atom stereocenters. The van der Waals surface area contributed by atoms with Crippen LogP contribution >= 0.6 is 0 Å². The van der Waals surface area contributed by atoms with Gasteiger partial charge in [0.25, 0.3) is 5.69 Å². The Morgan fingerprint density at radius 2 is 1.81 bits per heavy atom. The monoisotopic (exact) mass is 422 g/mol. The largest absolute Gasteiger partial charge is 0.453 e. The van der Waals surface area contributed by atoms with Crippen LogP contribution < -0.4 is 0 Å². The number of nitro benzene ring substituents is 1. The molecule has 0 N–H and O–H groups in total. The maximum atomic E-state index is 12.8. The first kappa shape index (κ1) is 22.4. The SMILES string of the molecule is CC(=O)C(=CC(=O)OC(CN1CCCCC1)c1ccccc1)c1cccc([N+](=O)[O-])c1. The first-order chi connectivity index (χ1) is 14.9. The van der Waals surface area contributed by atoms with E-state index in [1.165, 1.54) is 31.5 Å². The second kappa shape index (κ2) is 10.6. The van der Waals surface area contributed by atoms with Crippen LogP contribution in [-0.4, -0.2) is 41.2 Å². The Kier molecular flexibility index (Phi) is 7.67. The first-order valence-electron chi connectivity index (χ1n) is 10.4. The van der Waals surface area contributed by atoms with E-state index >= 15 is 0 Å². The molecule has 31 heavy (non-hydrogen) atoms. The van der Waals surface area contributed by atoms with Crippen molar-refractivity contribution in [3.8, 4) is 0 Å². The fraction of sp³-hybridized carbons (Fsp3) is 0.333. The van der Waals surface area contributed by atoms with Crippen molar-refractivity contribution in [1.82, 2.24) is 4.90 Å². The number of likely N-dealkylation sites (tertiary alicyclic amines) is 1. The summed E-state index contributed by atoms with van der Waals surface area (Å²) >= 11 is 0. The summed E-state index contributed by atoms with van der Waals surface area (Å²) in [6.07, 6.45) is 4.11. The lowest BCUT2D eigenvalue weighted by molar-refractivity contribution is -0.384. The van der Waals surface area contributed by atoms with E-state index in [9.17, 15) is 19.7 Å². The summed E-state index contributed by atoms with van der Waals surface area (Å²) in [6.45, 7) is 3.82. The van der Waals surface area contributed by atoms with Gasteiger partial charge in [-0.3, -0.25) is 19.8 Å². The van der Waals surface area contributed by atoms with Gasteiger partial charge in [-0.25, -0.2) is 4.79 Å². The van der Waals surface area contributed by atoms with Gasteiger partial charge in [0.2, 0.25) is 0 Å². The van der Waals surface area contributed by atoms with Gasteiger partial charge < -0.3 is 4.74 Å². The lowest BCUT2D eigenvalue weighted by Crippen LogP contribution is -2.34. The van der Waals surface area contributed by atoms with Crippen LogP contribution in [0.25, 0.3) is 5.57 Å². The van der Waals surface area contributed by atoms with Crippen LogP contribution in [0.1, 0.15) is 43.4 Å². The highest BCUT2D eigenvalue weighted by molar-refractivity contribution is 6.23. The summed E-state index contributed by atoms with van der Waals surface area (Å²) in [5.74, 6) is -1.02. The van der Waals surface area contributed by atoms with Gasteiger partial charge in [0.05, 0.1) is 4.92 Å². The molecule has 0 bridgehead atoms. The van der Waals surface area contributed by atoms with E-state index in [1.54, 1.807) is 6.07 Å². The molecule has 1 saturated heterocycles. The highest BCUT2D eigenvalue weighted by atomic mass is 16.6. The Morgan fingerprint density at radius 1 is 1.10 bits per heavy atom. The number of Topliss-reactive ketones (excluding diaryl/α,β-unsaturated/α-hetero) is 1. The van der Waals surface area contributed by atoms with Crippen molar-refractivity contribution in [2.24, 2.45) is 0 Å². The standard InChI is InChI=1S/C24H26N2O5/c1-18(27)22(20-11-8-12-21(15-20)26(29)30)16-24(28)31-23(19-9-4-2-5-10-19)17-25-13-6-3-7-14-25/h2,4-5,8-12,15-16,23H,3,6-7,13-14,17H2,1H3. The van der Waals surface area contributed by atoms with Gasteiger partial charge in [0, 0.05) is 30.3 Å². The number of carbonyl (C=O) groups is 2. The summed E-state index contributed by atoms with van der Waals surface area (Å²) in [4.78, 5) is 37.8. The van der Waals surface area contributed by atoms with Crippen molar-refractivity contribution in [3.63, 3.8) is 0 Å². The third-order valence-corrected chi connectivity index (χ3v) is 5.31. The Hall–Kier alpha value is -3.32. The van der Waals surface area contributed by atoms with Gasteiger partial charge in [0.15, 0.2) is 5.78 Å². The average Bonchev–Trinajstić information content (AvgIpc) is 2.78. The van der Waals surface area contributed by atoms with Crippen molar-refractivity contribution in [2.45, 2.75) is 32.3 Å². The summed E-state index contributed by atoms with van der Waals surface area (Å²) in [7, 11) is 0. The number of non-ortho nitro benzene ring substituents is 1. The molecule has 1 unspecified atom stereocenters. The molecule has 0 spiro atoms. The number of carbonyl (C=O) groups excluding carboxylic acids is 2. The number of hydrogen-bond donors (Lipinski definition) is 0. The number of nitrogens with zero attached hydrogens (tertiary/aromatic N) is 2. The minimum absolute atomic E-state index is 0.0819. The smallest absolute Gasteiger partial charge is 0.332 e. The van der Waals surface area contributed by atoms with Crippen LogP contribution in [0.15, 0.2) is 60.7 Å². The molecule has 3 rings (SSSR count). The molecule has 7 nitrogen and oxygen atoms in total. The number of nitro groups is 1. The van der Waals surface area contributed by atoms with Crippen LogP contribution in [0, 0.1) is 10.1 Å². The molecular formula is C24H26N2O5. The summed E-state index contributed by atoms with van der Waals surface area (Å²) < 4.78 is 5.78. The van der Waals surface area contributed by atoms with E-state index in [2.05, 4.69) is 4.90 Å². The molecule has 0 amide bonds. The molecule has 1 heterocycles. The Morgan fingerprint density at radius 3 is 2.45 bits per heavy atom. The van der Waals surface area contributed by atoms with E-state index in [4.69, 9.17) is 4.74 Å². The Bertz CT molecular complexity index is 965. The molecule has 0 aliphatic carbocycles. The number of esters is 1. The predicted octanol–water partition coefficient (Wildman–Crippen LogP) is 4.34. The van der Waals surface area contributed by atoms with E-state index in [0.29, 0.717) is 12.1 Å². The topological polar surface area (TPSA) is 89.8 Å². The number of ether oxygens (including phenoxy) is 1. The first-order valence-corrected chi connectivity index (χ1v) is 10.4. The second-order valence-electron chi connectivity index (χ2n) is 7.62. The Labute approximate surface area is 181 Å². The maximum absolute atomic E-state index is 12.8. The molecule has 0 radical (unpaired) electrons. The molecule has 2 aromatic carbocycles. The summed E-state index contributed by atoms with van der Waals surface area (Å²) in [5.41, 5.74) is 1.13. The summed E-state index contributed by atoms with van der Waals surface area (Å²) in [6, 6.07) is 15.2. The number of hydrogen-bond acceptors (Lipinski definition) is 6. The van der Waals surface area contributed by atoms with Gasteiger partial charge in [0.1, 0.15) is 6.10 Å². The van der Waals surface area contributed by atoms with Crippen molar-refractivity contribution >= 4 is 23.0 Å². The predicted molar refractivity (Wildman–Crippen MR) is 117 cm³/mol. The summed E-state index contributed by atoms with van der Waals surface area (Å²) in [5, 5.41) is 11.1. The third kappa shape index (κ3) is 6.33. The zero-order valence-electron chi connectivity index (χ0n) is 17.5. The third-order valence-electron chi connectivity index (χ3n) is 5.31. The lowest BCUT2D eigenvalue weighted by Gasteiger charge is -2.30. The minimum atomic E-state index is -0.650. The average molecular weight is 422 g/mol. The van der Waals surface area contributed by atoms with Crippen molar-refractivity contribution < 1.29 is 19.2 Å². The molecule has 0 aromatic heterocycles. The fourth-order valence-electron chi connectivity index (χ4n) is 3.72. The quantitative estimate of drug-likeness (QED) is 0.272. The van der Waals surface area contributed by atoms with Crippen molar-refractivity contribution in [1.29, 1.82) is 0 Å². The van der Waals surface area contributed by atoms with Crippen LogP contribution in [-0.2, 0) is 14.3 Å². The lowest BCUT2D eigenvalue weighted by atomic mass is 10.0. The zero-order valence-corrected chi connectivity index (χ0v) is 17.5. The molecule has 2 aromatic rings. The fourth-order valence-corrected chi connectivity index (χ4v) is 3.72. The van der Waals surface area contributed by atoms with Gasteiger partial charge in [-0.15, -0.1) is 0 Å². The number of benzene rings is 2. The molecular weight excluding hydrogens is 396 g/mol. The van der Waals surface area contributed by atoms with Crippen molar-refractivity contribution in [2.75, 3.05) is 19.6 Å². The van der Waals surface area contributed by atoms with Crippen molar-refractivity contribution in [3.05, 3.63) is 81.9 Å². The van der Waals surface area contributed by atoms with Gasteiger partial charge in [-0.2, -0.15) is 0 Å². The van der Waals surface area contributed by atoms with E-state index in [1.807, 2.05) is 30.3 Å². The van der Waals surface area contributed by atoms with Gasteiger partial charge >= 0.3 is 5.97 Å². The molecule has 1 fully saturated rings. The zero-order chi connectivity index (χ0) is 22.2. The van der Waals surface area contributed by atoms with E-state index < -0.39 is 17.0 Å². The van der Waals surface area contributed by atoms with Gasteiger partial charge in [-0.05, 0) is 44.0 Å². The Balaban J connectivity index is 1.83. The number of piperidine rings is 1. The van der Waals surface area contributed by atoms with Crippen LogP contribution in [0.2, 0.25) is 0 Å². The molecule has 0 saturated carbocycles. The highest BCUT2D eigenvalue weighted by Crippen LogP contribution is 2.24. The van der Waals surface area contributed by atoms with Crippen LogP contribution in [0.4, 0.5) is 5.69 Å². The second-order valence-corrected chi connectivity index (χ2v) is 7.62. The normalized spacial score (nSPS) is 15.8. The number of allylic oxidation sites excluding steroid dienone is 1. The number of rotatable bonds is 8. The number of ketones is 1. The maximum Gasteiger partial charge on any atom is 0.332 e. The molecule has 7 heteroatoms. The molecule has 1 aliphatic heterocycles. The minimum Gasteiger partial charge on any atom is -0.453 e.